The smallest absolute Gasteiger partial charge is 0.303 e. The van der Waals surface area contributed by atoms with E-state index in [1.807, 2.05) is 26.0 Å². The monoisotopic (exact) mass is 351 g/mol. The molecule has 0 aromatic heterocycles. The molecule has 1 rings (SSSR count). The second-order valence-electron chi connectivity index (χ2n) is 4.60. The van der Waals surface area contributed by atoms with E-state index in [0.717, 1.165) is 21.5 Å². The van der Waals surface area contributed by atoms with Crippen molar-refractivity contribution in [2.75, 3.05) is 23.5 Å². The SMILES string of the molecule is CCOP(=S)(OCC)N(c1ccc(C)cc1C)S(C)(=O)=O. The van der Waals surface area contributed by atoms with Gasteiger partial charge in [0.2, 0.25) is 10.0 Å². The molecule has 0 saturated heterocycles. The van der Waals surface area contributed by atoms with E-state index >= 15 is 0 Å². The van der Waals surface area contributed by atoms with Gasteiger partial charge in [-0.2, -0.15) is 4.08 Å². The first-order valence-corrected chi connectivity index (χ1v) is 11.1. The molecule has 0 aliphatic heterocycles. The van der Waals surface area contributed by atoms with Crippen LogP contribution in [0.1, 0.15) is 25.0 Å². The highest BCUT2D eigenvalue weighted by molar-refractivity contribution is 8.17. The Labute approximate surface area is 132 Å². The quantitative estimate of drug-likeness (QED) is 0.705. The van der Waals surface area contributed by atoms with Gasteiger partial charge in [0.25, 0.3) is 0 Å². The second kappa shape index (κ2) is 7.20. The average Bonchev–Trinajstić information content (AvgIpc) is 2.31. The van der Waals surface area contributed by atoms with Crippen molar-refractivity contribution in [1.29, 1.82) is 0 Å². The van der Waals surface area contributed by atoms with E-state index in [1.165, 1.54) is 0 Å². The average molecular weight is 351 g/mol. The first-order valence-electron chi connectivity index (χ1n) is 6.63. The zero-order valence-corrected chi connectivity index (χ0v) is 15.5. The third-order valence-corrected chi connectivity index (χ3v) is 8.30. The van der Waals surface area contributed by atoms with Gasteiger partial charge in [0, 0.05) is 0 Å². The van der Waals surface area contributed by atoms with Crippen molar-refractivity contribution in [2.24, 2.45) is 0 Å². The minimum atomic E-state index is -3.63. The first kappa shape index (κ1) is 18.6. The third-order valence-electron chi connectivity index (χ3n) is 2.68. The Kier molecular flexibility index (Phi) is 6.37. The fourth-order valence-electron chi connectivity index (χ4n) is 1.98. The van der Waals surface area contributed by atoms with Crippen LogP contribution in [0, 0.1) is 13.8 Å². The molecule has 0 radical (unpaired) electrons. The normalized spacial score (nSPS) is 12.4. The molecule has 1 aromatic rings. The summed E-state index contributed by atoms with van der Waals surface area (Å²) in [7, 11) is -3.63. The van der Waals surface area contributed by atoms with Crippen molar-refractivity contribution >= 4 is 34.2 Å². The van der Waals surface area contributed by atoms with Gasteiger partial charge in [0.05, 0.1) is 25.2 Å². The van der Waals surface area contributed by atoms with Gasteiger partial charge in [0.1, 0.15) is 0 Å². The largest absolute Gasteiger partial charge is 0.313 e. The lowest BCUT2D eigenvalue weighted by atomic mass is 10.1. The summed E-state index contributed by atoms with van der Waals surface area (Å²) in [5, 5.41) is 0. The van der Waals surface area contributed by atoms with Crippen LogP contribution in [0.2, 0.25) is 0 Å². The number of aryl methyl sites for hydroxylation is 2. The van der Waals surface area contributed by atoms with Crippen LogP contribution in [-0.2, 0) is 30.9 Å². The highest BCUT2D eigenvalue weighted by atomic mass is 32.5. The Bertz CT molecular complexity index is 636. The number of benzene rings is 1. The number of sulfonamides is 1. The van der Waals surface area contributed by atoms with Crippen molar-refractivity contribution in [1.82, 2.24) is 0 Å². The molecule has 0 aliphatic carbocycles. The molecular weight excluding hydrogens is 329 g/mol. The minimum Gasteiger partial charge on any atom is -0.313 e. The van der Waals surface area contributed by atoms with Crippen LogP contribution in [0.25, 0.3) is 0 Å². The van der Waals surface area contributed by atoms with E-state index in [-0.39, 0.29) is 13.2 Å². The van der Waals surface area contributed by atoms with Gasteiger partial charge in [-0.25, -0.2) is 8.42 Å². The number of nitrogens with zero attached hydrogens (tertiary/aromatic N) is 1. The van der Waals surface area contributed by atoms with Crippen LogP contribution >= 0.6 is 6.64 Å². The molecule has 0 fully saturated rings. The molecule has 0 heterocycles. The lowest BCUT2D eigenvalue weighted by Crippen LogP contribution is -2.29. The molecule has 0 atom stereocenters. The van der Waals surface area contributed by atoms with E-state index < -0.39 is 16.7 Å². The van der Waals surface area contributed by atoms with Crippen LogP contribution in [-0.4, -0.2) is 27.9 Å². The molecule has 8 heteroatoms. The Morgan fingerprint density at radius 3 is 2.10 bits per heavy atom. The molecular formula is C13H22NO4PS2. The van der Waals surface area contributed by atoms with Gasteiger partial charge in [-0.1, -0.05) is 17.7 Å². The van der Waals surface area contributed by atoms with E-state index in [9.17, 15) is 8.42 Å². The fraction of sp³-hybridized carbons (Fsp3) is 0.538. The number of rotatable bonds is 7. The van der Waals surface area contributed by atoms with E-state index in [2.05, 4.69) is 0 Å². The molecule has 0 amide bonds. The van der Waals surface area contributed by atoms with E-state index in [1.54, 1.807) is 19.9 Å². The van der Waals surface area contributed by atoms with Gasteiger partial charge in [-0.05, 0) is 51.1 Å². The van der Waals surface area contributed by atoms with E-state index in [4.69, 9.17) is 20.9 Å². The van der Waals surface area contributed by atoms with Crippen molar-refractivity contribution in [2.45, 2.75) is 27.7 Å². The molecule has 0 saturated carbocycles. The van der Waals surface area contributed by atoms with Crippen LogP contribution < -0.4 is 4.08 Å². The summed E-state index contributed by atoms with van der Waals surface area (Å²) in [6.07, 6.45) is 1.12. The molecule has 120 valence electrons. The molecule has 0 spiro atoms. The molecule has 0 bridgehead atoms. The molecule has 0 N–H and O–H groups in total. The lowest BCUT2D eigenvalue weighted by molar-refractivity contribution is 0.268. The topological polar surface area (TPSA) is 55.8 Å². The highest BCUT2D eigenvalue weighted by Gasteiger charge is 2.36. The molecule has 0 unspecified atom stereocenters. The summed E-state index contributed by atoms with van der Waals surface area (Å²) in [6, 6.07) is 5.49. The van der Waals surface area contributed by atoms with Crippen LogP contribution in [0.5, 0.6) is 0 Å². The standard InChI is InChI=1S/C13H22NO4PS2/c1-6-17-19(20,18-7-2)14(21(5,15)16)13-9-8-11(3)10-12(13)4/h8-10H,6-7H2,1-5H3. The molecule has 5 nitrogen and oxygen atoms in total. The fourth-order valence-corrected chi connectivity index (χ4v) is 7.69. The Morgan fingerprint density at radius 1 is 1.19 bits per heavy atom. The third kappa shape index (κ3) is 4.50. The van der Waals surface area contributed by atoms with Crippen molar-refractivity contribution in [3.63, 3.8) is 0 Å². The van der Waals surface area contributed by atoms with Crippen LogP contribution in [0.3, 0.4) is 0 Å². The van der Waals surface area contributed by atoms with Gasteiger partial charge in [0.15, 0.2) is 0 Å². The van der Waals surface area contributed by atoms with Crippen LogP contribution in [0.15, 0.2) is 18.2 Å². The second-order valence-corrected chi connectivity index (χ2v) is 9.94. The summed E-state index contributed by atoms with van der Waals surface area (Å²) >= 11 is 5.46. The van der Waals surface area contributed by atoms with Gasteiger partial charge in [-0.15, -0.1) is 0 Å². The maximum atomic E-state index is 12.3. The van der Waals surface area contributed by atoms with Crippen molar-refractivity contribution in [3.05, 3.63) is 29.3 Å². The first-order chi connectivity index (χ1) is 9.65. The number of hydrogen-bond acceptors (Lipinski definition) is 5. The maximum Gasteiger partial charge on any atom is 0.303 e. The summed E-state index contributed by atoms with van der Waals surface area (Å²) in [4.78, 5) is 0. The molecule has 21 heavy (non-hydrogen) atoms. The molecule has 0 aliphatic rings. The highest BCUT2D eigenvalue weighted by Crippen LogP contribution is 2.56. The lowest BCUT2D eigenvalue weighted by Gasteiger charge is -2.33. The van der Waals surface area contributed by atoms with Crippen LogP contribution in [0.4, 0.5) is 5.69 Å². The summed E-state index contributed by atoms with van der Waals surface area (Å²) in [6.45, 7) is 4.76. The Hall–Kier alpha value is -0.460. The zero-order chi connectivity index (χ0) is 16.3. The number of hydrogen-bond donors (Lipinski definition) is 0. The van der Waals surface area contributed by atoms with Crippen molar-refractivity contribution < 1.29 is 17.5 Å². The summed E-state index contributed by atoms with van der Waals surface area (Å²) in [5.41, 5.74) is 2.37. The number of anilines is 1. The zero-order valence-electron chi connectivity index (χ0n) is 13.0. The predicted molar refractivity (Wildman–Crippen MR) is 90.8 cm³/mol. The van der Waals surface area contributed by atoms with Gasteiger partial charge < -0.3 is 9.05 Å². The Morgan fingerprint density at radius 2 is 1.71 bits per heavy atom. The maximum absolute atomic E-state index is 12.3. The van der Waals surface area contributed by atoms with Gasteiger partial charge >= 0.3 is 6.64 Å². The predicted octanol–water partition coefficient (Wildman–Crippen LogP) is 3.37. The Balaban J connectivity index is 3.52. The summed E-state index contributed by atoms with van der Waals surface area (Å²) in [5.74, 6) is 0. The van der Waals surface area contributed by atoms with Gasteiger partial charge in [-0.3, -0.25) is 0 Å². The molecule has 1 aromatic carbocycles. The minimum absolute atomic E-state index is 0.286. The summed E-state index contributed by atoms with van der Waals surface area (Å²) < 4.78 is 36.8. The van der Waals surface area contributed by atoms with E-state index in [0.29, 0.717) is 5.69 Å². The van der Waals surface area contributed by atoms with Crippen molar-refractivity contribution in [3.8, 4) is 0 Å².